The van der Waals surface area contributed by atoms with Gasteiger partial charge < -0.3 is 9.55 Å². The van der Waals surface area contributed by atoms with Gasteiger partial charge in [-0.3, -0.25) is 4.90 Å². The maximum atomic E-state index is 13.2. The monoisotopic (exact) mass is 272 g/mol. The first-order valence-electron chi connectivity index (χ1n) is 6.54. The molecule has 20 heavy (non-hydrogen) atoms. The van der Waals surface area contributed by atoms with Crippen LogP contribution < -0.4 is 0 Å². The molecule has 3 aromatic rings. The number of aromatic amines is 1. The minimum Gasteiger partial charge on any atom is -0.357 e. The van der Waals surface area contributed by atoms with Crippen LogP contribution in [0.3, 0.4) is 0 Å². The van der Waals surface area contributed by atoms with Gasteiger partial charge in [-0.05, 0) is 31.3 Å². The largest absolute Gasteiger partial charge is 0.357 e. The number of halogens is 1. The van der Waals surface area contributed by atoms with Crippen LogP contribution in [0.25, 0.3) is 10.9 Å². The van der Waals surface area contributed by atoms with Gasteiger partial charge in [0.05, 0.1) is 6.54 Å². The van der Waals surface area contributed by atoms with E-state index in [-0.39, 0.29) is 5.82 Å². The highest BCUT2D eigenvalue weighted by atomic mass is 19.1. The van der Waals surface area contributed by atoms with Crippen LogP contribution in [0.5, 0.6) is 0 Å². The smallest absolute Gasteiger partial charge is 0.123 e. The molecule has 0 saturated carbocycles. The van der Waals surface area contributed by atoms with E-state index in [0.29, 0.717) is 0 Å². The predicted molar refractivity (Wildman–Crippen MR) is 76.6 cm³/mol. The van der Waals surface area contributed by atoms with Crippen molar-refractivity contribution in [2.24, 2.45) is 7.05 Å². The first kappa shape index (κ1) is 12.9. The second-order valence-electron chi connectivity index (χ2n) is 5.15. The van der Waals surface area contributed by atoms with E-state index in [1.807, 2.05) is 30.9 Å². The van der Waals surface area contributed by atoms with E-state index in [0.717, 1.165) is 35.5 Å². The molecule has 0 saturated heterocycles. The van der Waals surface area contributed by atoms with Crippen LogP contribution in [0, 0.1) is 5.82 Å². The number of nitrogens with zero attached hydrogens (tertiary/aromatic N) is 3. The standard InChI is InChI=1S/C15H17FN4/c1-19(10-15-17-5-6-20(15)2)9-13-8-11-7-12(16)3-4-14(11)18-13/h3-8,18H,9-10H2,1-2H3. The molecule has 0 aliphatic carbocycles. The lowest BCUT2D eigenvalue weighted by Crippen LogP contribution is -2.19. The molecule has 0 fully saturated rings. The number of hydrogen-bond donors (Lipinski definition) is 1. The molecule has 0 amide bonds. The summed E-state index contributed by atoms with van der Waals surface area (Å²) in [4.78, 5) is 9.80. The zero-order valence-corrected chi connectivity index (χ0v) is 11.6. The maximum absolute atomic E-state index is 13.2. The molecule has 1 N–H and O–H groups in total. The van der Waals surface area contributed by atoms with E-state index in [9.17, 15) is 4.39 Å². The van der Waals surface area contributed by atoms with Crippen LogP contribution in [0.2, 0.25) is 0 Å². The third-order valence-corrected chi connectivity index (χ3v) is 3.41. The van der Waals surface area contributed by atoms with Crippen LogP contribution in [-0.2, 0) is 20.1 Å². The van der Waals surface area contributed by atoms with Gasteiger partial charge in [0, 0.05) is 42.6 Å². The molecular formula is C15H17FN4. The maximum Gasteiger partial charge on any atom is 0.123 e. The highest BCUT2D eigenvalue weighted by Crippen LogP contribution is 2.17. The van der Waals surface area contributed by atoms with E-state index in [2.05, 4.69) is 14.9 Å². The van der Waals surface area contributed by atoms with Crippen LogP contribution >= 0.6 is 0 Å². The highest BCUT2D eigenvalue weighted by molar-refractivity contribution is 5.80. The minimum atomic E-state index is -0.204. The van der Waals surface area contributed by atoms with Gasteiger partial charge in [0.25, 0.3) is 0 Å². The van der Waals surface area contributed by atoms with Crippen LogP contribution in [0.1, 0.15) is 11.5 Å². The number of aromatic nitrogens is 3. The summed E-state index contributed by atoms with van der Waals surface area (Å²) in [5.74, 6) is 0.819. The van der Waals surface area contributed by atoms with Crippen molar-refractivity contribution in [1.29, 1.82) is 0 Å². The predicted octanol–water partition coefficient (Wildman–Crippen LogP) is 2.67. The number of H-pyrrole nitrogens is 1. The first-order chi connectivity index (χ1) is 9.61. The Morgan fingerprint density at radius 3 is 2.90 bits per heavy atom. The fourth-order valence-corrected chi connectivity index (χ4v) is 2.39. The van der Waals surface area contributed by atoms with Crippen molar-refractivity contribution in [1.82, 2.24) is 19.4 Å². The van der Waals surface area contributed by atoms with Crippen molar-refractivity contribution >= 4 is 10.9 Å². The van der Waals surface area contributed by atoms with Gasteiger partial charge in [-0.15, -0.1) is 0 Å². The molecule has 1 aromatic carbocycles. The second kappa shape index (κ2) is 5.09. The van der Waals surface area contributed by atoms with E-state index < -0.39 is 0 Å². The van der Waals surface area contributed by atoms with E-state index in [1.54, 1.807) is 18.3 Å². The van der Waals surface area contributed by atoms with Gasteiger partial charge in [-0.2, -0.15) is 0 Å². The highest BCUT2D eigenvalue weighted by Gasteiger charge is 2.08. The van der Waals surface area contributed by atoms with Gasteiger partial charge in [0.2, 0.25) is 0 Å². The zero-order valence-electron chi connectivity index (χ0n) is 11.6. The molecule has 2 aromatic heterocycles. The minimum absolute atomic E-state index is 0.204. The molecule has 104 valence electrons. The molecule has 0 aliphatic heterocycles. The second-order valence-corrected chi connectivity index (χ2v) is 5.15. The third-order valence-electron chi connectivity index (χ3n) is 3.41. The number of fused-ring (bicyclic) bond motifs is 1. The Kier molecular flexibility index (Phi) is 3.28. The van der Waals surface area contributed by atoms with Gasteiger partial charge in [-0.1, -0.05) is 0 Å². The van der Waals surface area contributed by atoms with Gasteiger partial charge in [0.1, 0.15) is 11.6 Å². The van der Waals surface area contributed by atoms with Crippen LogP contribution in [0.15, 0.2) is 36.7 Å². The van der Waals surface area contributed by atoms with Crippen LogP contribution in [0.4, 0.5) is 4.39 Å². The third kappa shape index (κ3) is 2.58. The molecule has 0 bridgehead atoms. The summed E-state index contributed by atoms with van der Waals surface area (Å²) in [6.45, 7) is 1.54. The van der Waals surface area contributed by atoms with Crippen molar-refractivity contribution in [3.8, 4) is 0 Å². The lowest BCUT2D eigenvalue weighted by atomic mass is 10.2. The number of benzene rings is 1. The normalized spacial score (nSPS) is 11.6. The number of hydrogen-bond acceptors (Lipinski definition) is 2. The molecule has 0 unspecified atom stereocenters. The topological polar surface area (TPSA) is 36.9 Å². The Morgan fingerprint density at radius 1 is 1.30 bits per heavy atom. The number of aryl methyl sites for hydroxylation is 1. The zero-order chi connectivity index (χ0) is 14.1. The fourth-order valence-electron chi connectivity index (χ4n) is 2.39. The Bertz CT molecular complexity index is 728. The fraction of sp³-hybridized carbons (Fsp3) is 0.267. The quantitative estimate of drug-likeness (QED) is 0.792. The summed E-state index contributed by atoms with van der Waals surface area (Å²) < 4.78 is 15.2. The summed E-state index contributed by atoms with van der Waals surface area (Å²) in [6.07, 6.45) is 3.74. The molecule has 2 heterocycles. The summed E-state index contributed by atoms with van der Waals surface area (Å²) >= 11 is 0. The van der Waals surface area contributed by atoms with Gasteiger partial charge >= 0.3 is 0 Å². The molecule has 5 heteroatoms. The Labute approximate surface area is 116 Å². The van der Waals surface area contributed by atoms with Crippen molar-refractivity contribution < 1.29 is 4.39 Å². The van der Waals surface area contributed by atoms with Gasteiger partial charge in [0.15, 0.2) is 0 Å². The van der Waals surface area contributed by atoms with Crippen molar-refractivity contribution in [2.75, 3.05) is 7.05 Å². The SMILES string of the molecule is CN(Cc1cc2cc(F)ccc2[nH]1)Cc1nccn1C. The van der Waals surface area contributed by atoms with Crippen LogP contribution in [-0.4, -0.2) is 26.5 Å². The molecule has 0 atom stereocenters. The molecular weight excluding hydrogens is 255 g/mol. The molecule has 0 spiro atoms. The lowest BCUT2D eigenvalue weighted by Gasteiger charge is -2.15. The average molecular weight is 272 g/mol. The Hall–Kier alpha value is -2.14. The summed E-state index contributed by atoms with van der Waals surface area (Å²) in [5, 5.41) is 0.908. The number of rotatable bonds is 4. The van der Waals surface area contributed by atoms with Gasteiger partial charge in [-0.25, -0.2) is 9.37 Å². The molecule has 3 rings (SSSR count). The molecule has 4 nitrogen and oxygen atoms in total. The average Bonchev–Trinajstić information content (AvgIpc) is 2.95. The molecule has 0 aliphatic rings. The molecule has 0 radical (unpaired) electrons. The Morgan fingerprint density at radius 2 is 2.15 bits per heavy atom. The number of imidazole rings is 1. The van der Waals surface area contributed by atoms with Crippen molar-refractivity contribution in [3.05, 3.63) is 54.0 Å². The summed E-state index contributed by atoms with van der Waals surface area (Å²) in [5.41, 5.74) is 2.04. The van der Waals surface area contributed by atoms with Crippen molar-refractivity contribution in [3.63, 3.8) is 0 Å². The summed E-state index contributed by atoms with van der Waals surface area (Å²) in [7, 11) is 4.03. The van der Waals surface area contributed by atoms with E-state index in [1.165, 1.54) is 6.07 Å². The lowest BCUT2D eigenvalue weighted by molar-refractivity contribution is 0.304. The first-order valence-corrected chi connectivity index (χ1v) is 6.54. The van der Waals surface area contributed by atoms with E-state index >= 15 is 0 Å². The van der Waals surface area contributed by atoms with E-state index in [4.69, 9.17) is 0 Å². The number of nitrogens with one attached hydrogen (secondary N) is 1. The van der Waals surface area contributed by atoms with Crippen molar-refractivity contribution in [2.45, 2.75) is 13.1 Å². The Balaban J connectivity index is 1.74. The summed E-state index contributed by atoms with van der Waals surface area (Å²) in [6, 6.07) is 6.79.